The lowest BCUT2D eigenvalue weighted by Crippen LogP contribution is -2.42. The Labute approximate surface area is 84.9 Å². The number of carbonyl (C=O) groups is 1. The number of nitrogens with zero attached hydrogens (tertiary/aromatic N) is 2. The van der Waals surface area contributed by atoms with Gasteiger partial charge < -0.3 is 4.90 Å². The average Bonchev–Trinajstić information content (AvgIpc) is 2.01. The molecule has 1 saturated heterocycles. The first-order valence-corrected chi connectivity index (χ1v) is 4.97. The number of hydrogen-bond acceptors (Lipinski definition) is 2. The smallest absolute Gasteiger partial charge is 0.254 e. The lowest BCUT2D eigenvalue weighted by atomic mass is 10.1. The molecule has 0 aliphatic carbocycles. The molecule has 3 nitrogen and oxygen atoms in total. The summed E-state index contributed by atoms with van der Waals surface area (Å²) in [5.74, 6) is 0.106. The second-order valence-corrected chi connectivity index (χ2v) is 3.83. The molecule has 0 unspecified atom stereocenters. The van der Waals surface area contributed by atoms with Gasteiger partial charge in [-0.2, -0.15) is 0 Å². The minimum Gasteiger partial charge on any atom is -0.339 e. The first-order valence-electron chi connectivity index (χ1n) is 4.18. The highest BCUT2D eigenvalue weighted by molar-refractivity contribution is 9.10. The van der Waals surface area contributed by atoms with Crippen LogP contribution in [0.25, 0.3) is 0 Å². The van der Waals surface area contributed by atoms with Crippen LogP contribution in [0, 0.1) is 0 Å². The molecule has 1 aromatic heterocycles. The van der Waals surface area contributed by atoms with Crippen LogP contribution in [0.5, 0.6) is 0 Å². The Kier molecular flexibility index (Phi) is 2.31. The lowest BCUT2D eigenvalue weighted by molar-refractivity contribution is 0.0651. The molecule has 1 aliphatic heterocycles. The maximum Gasteiger partial charge on any atom is 0.254 e. The van der Waals surface area contributed by atoms with Gasteiger partial charge in [-0.05, 0) is 34.5 Å². The Morgan fingerprint density at radius 1 is 1.54 bits per heavy atom. The zero-order valence-corrected chi connectivity index (χ0v) is 8.62. The minimum atomic E-state index is 0.106. The van der Waals surface area contributed by atoms with Crippen molar-refractivity contribution in [2.75, 3.05) is 13.1 Å². The molecule has 1 aromatic rings. The molecule has 1 aliphatic rings. The summed E-state index contributed by atoms with van der Waals surface area (Å²) in [6, 6.07) is 3.49. The van der Waals surface area contributed by atoms with Gasteiger partial charge >= 0.3 is 0 Å². The molecule has 68 valence electrons. The van der Waals surface area contributed by atoms with E-state index in [0.29, 0.717) is 10.2 Å². The van der Waals surface area contributed by atoms with E-state index in [4.69, 9.17) is 0 Å². The second-order valence-electron chi connectivity index (χ2n) is 3.01. The minimum absolute atomic E-state index is 0.106. The van der Waals surface area contributed by atoms with Gasteiger partial charge in [-0.1, -0.05) is 0 Å². The van der Waals surface area contributed by atoms with Crippen molar-refractivity contribution in [3.05, 3.63) is 28.5 Å². The van der Waals surface area contributed by atoms with Crippen LogP contribution in [0.15, 0.2) is 22.9 Å². The molecule has 0 aromatic carbocycles. The van der Waals surface area contributed by atoms with Crippen LogP contribution in [0.2, 0.25) is 0 Å². The normalized spacial score (nSPS) is 15.3. The summed E-state index contributed by atoms with van der Waals surface area (Å²) >= 11 is 3.24. The third kappa shape index (κ3) is 1.72. The summed E-state index contributed by atoms with van der Waals surface area (Å²) < 4.78 is 0.707. The van der Waals surface area contributed by atoms with Crippen LogP contribution in [0.3, 0.4) is 0 Å². The van der Waals surface area contributed by atoms with E-state index in [2.05, 4.69) is 20.9 Å². The Morgan fingerprint density at radius 3 is 2.85 bits per heavy atom. The van der Waals surface area contributed by atoms with Crippen molar-refractivity contribution in [3.63, 3.8) is 0 Å². The van der Waals surface area contributed by atoms with E-state index in [1.165, 1.54) is 0 Å². The number of pyridine rings is 1. The van der Waals surface area contributed by atoms with Crippen molar-refractivity contribution >= 4 is 21.8 Å². The van der Waals surface area contributed by atoms with Gasteiger partial charge in [-0.3, -0.25) is 4.79 Å². The van der Waals surface area contributed by atoms with E-state index < -0.39 is 0 Å². The molecule has 2 heterocycles. The van der Waals surface area contributed by atoms with Gasteiger partial charge in [0, 0.05) is 24.8 Å². The highest BCUT2D eigenvalue weighted by atomic mass is 79.9. The molecule has 0 spiro atoms. The van der Waals surface area contributed by atoms with Gasteiger partial charge in [-0.25, -0.2) is 4.98 Å². The van der Waals surface area contributed by atoms with Crippen LogP contribution in [-0.2, 0) is 0 Å². The van der Waals surface area contributed by atoms with Gasteiger partial charge in [-0.15, -0.1) is 0 Å². The SMILES string of the molecule is O=C(c1ccnc(Br)c1)N1CCC1. The van der Waals surface area contributed by atoms with E-state index >= 15 is 0 Å². The number of halogens is 1. The highest BCUT2D eigenvalue weighted by Crippen LogP contribution is 2.14. The molecule has 0 saturated carbocycles. The summed E-state index contributed by atoms with van der Waals surface area (Å²) in [5.41, 5.74) is 0.710. The summed E-state index contributed by atoms with van der Waals surface area (Å²) in [5, 5.41) is 0. The first kappa shape index (κ1) is 8.69. The summed E-state index contributed by atoms with van der Waals surface area (Å²) in [6.07, 6.45) is 2.76. The summed E-state index contributed by atoms with van der Waals surface area (Å²) in [7, 11) is 0. The molecule has 0 atom stereocenters. The average molecular weight is 241 g/mol. The number of rotatable bonds is 1. The molecule has 0 bridgehead atoms. The number of aromatic nitrogens is 1. The zero-order chi connectivity index (χ0) is 9.26. The van der Waals surface area contributed by atoms with Crippen molar-refractivity contribution in [2.24, 2.45) is 0 Å². The highest BCUT2D eigenvalue weighted by Gasteiger charge is 2.21. The third-order valence-corrected chi connectivity index (χ3v) is 2.55. The molecule has 1 fully saturated rings. The van der Waals surface area contributed by atoms with E-state index in [1.807, 2.05) is 4.90 Å². The van der Waals surface area contributed by atoms with Gasteiger partial charge in [0.05, 0.1) is 0 Å². The maximum atomic E-state index is 11.7. The van der Waals surface area contributed by atoms with Crippen molar-refractivity contribution in [1.29, 1.82) is 0 Å². The van der Waals surface area contributed by atoms with Crippen LogP contribution < -0.4 is 0 Å². The first-order chi connectivity index (χ1) is 6.27. The van der Waals surface area contributed by atoms with Crippen molar-refractivity contribution in [2.45, 2.75) is 6.42 Å². The molecule has 2 rings (SSSR count). The molecular formula is C9H9BrN2O. The number of likely N-dealkylation sites (tertiary alicyclic amines) is 1. The van der Waals surface area contributed by atoms with E-state index in [0.717, 1.165) is 19.5 Å². The molecule has 0 N–H and O–H groups in total. The predicted molar refractivity (Wildman–Crippen MR) is 52.5 cm³/mol. The van der Waals surface area contributed by atoms with E-state index in [1.54, 1.807) is 18.3 Å². The topological polar surface area (TPSA) is 33.2 Å². The Bertz CT molecular complexity index is 336. The fraction of sp³-hybridized carbons (Fsp3) is 0.333. The fourth-order valence-electron chi connectivity index (χ4n) is 1.24. The summed E-state index contributed by atoms with van der Waals surface area (Å²) in [6.45, 7) is 1.78. The quantitative estimate of drug-likeness (QED) is 0.701. The maximum absolute atomic E-state index is 11.7. The molecule has 13 heavy (non-hydrogen) atoms. The third-order valence-electron chi connectivity index (χ3n) is 2.12. The van der Waals surface area contributed by atoms with Gasteiger partial charge in [0.2, 0.25) is 0 Å². The predicted octanol–water partition coefficient (Wildman–Crippen LogP) is 1.69. The van der Waals surface area contributed by atoms with Crippen LogP contribution >= 0.6 is 15.9 Å². The van der Waals surface area contributed by atoms with E-state index in [9.17, 15) is 4.79 Å². The molecular weight excluding hydrogens is 232 g/mol. The van der Waals surface area contributed by atoms with E-state index in [-0.39, 0.29) is 5.91 Å². The molecule has 0 radical (unpaired) electrons. The summed E-state index contributed by atoms with van der Waals surface area (Å²) in [4.78, 5) is 17.5. The fourth-order valence-corrected chi connectivity index (χ4v) is 1.60. The van der Waals surface area contributed by atoms with Gasteiger partial charge in [0.25, 0.3) is 5.91 Å². The molecule has 4 heteroatoms. The van der Waals surface area contributed by atoms with Crippen molar-refractivity contribution < 1.29 is 4.79 Å². The van der Waals surface area contributed by atoms with Crippen LogP contribution in [-0.4, -0.2) is 28.9 Å². The van der Waals surface area contributed by atoms with Crippen molar-refractivity contribution in [1.82, 2.24) is 9.88 Å². The zero-order valence-electron chi connectivity index (χ0n) is 7.03. The standard InChI is InChI=1S/C9H9BrN2O/c10-8-6-7(2-3-11-8)9(13)12-4-1-5-12/h2-3,6H,1,4-5H2. The number of hydrogen-bond donors (Lipinski definition) is 0. The Balaban J connectivity index is 2.19. The van der Waals surface area contributed by atoms with Gasteiger partial charge in [0.1, 0.15) is 4.60 Å². The van der Waals surface area contributed by atoms with Crippen LogP contribution in [0.4, 0.5) is 0 Å². The monoisotopic (exact) mass is 240 g/mol. The number of amides is 1. The Morgan fingerprint density at radius 2 is 2.31 bits per heavy atom. The van der Waals surface area contributed by atoms with Crippen LogP contribution in [0.1, 0.15) is 16.8 Å². The number of carbonyl (C=O) groups excluding carboxylic acids is 1. The van der Waals surface area contributed by atoms with Gasteiger partial charge in [0.15, 0.2) is 0 Å². The second kappa shape index (κ2) is 3.46. The largest absolute Gasteiger partial charge is 0.339 e. The Hall–Kier alpha value is -0.900. The molecule has 1 amide bonds. The lowest BCUT2D eigenvalue weighted by Gasteiger charge is -2.30. The van der Waals surface area contributed by atoms with Crippen molar-refractivity contribution in [3.8, 4) is 0 Å².